The van der Waals surface area contributed by atoms with Crippen LogP contribution >= 0.6 is 19.1 Å². The van der Waals surface area contributed by atoms with Gasteiger partial charge < -0.3 is 19.3 Å². The van der Waals surface area contributed by atoms with E-state index in [1.807, 2.05) is 13.8 Å². The second kappa shape index (κ2) is 8.93. The summed E-state index contributed by atoms with van der Waals surface area (Å²) in [6, 6.07) is 10.2. The predicted octanol–water partition coefficient (Wildman–Crippen LogP) is 3.48. The molecule has 3 rings (SSSR count). The molecule has 0 aliphatic heterocycles. The van der Waals surface area contributed by atoms with Crippen LogP contribution in [0.5, 0.6) is 17.2 Å². The van der Waals surface area contributed by atoms with Crippen molar-refractivity contribution in [1.29, 1.82) is 0 Å². The van der Waals surface area contributed by atoms with Crippen LogP contribution in [-0.2, 0) is 4.57 Å². The van der Waals surface area contributed by atoms with Gasteiger partial charge in [-0.05, 0) is 57.2 Å². The molecule has 0 radical (unpaired) electrons. The van der Waals surface area contributed by atoms with Crippen LogP contribution in [0.4, 0.5) is 5.13 Å². The summed E-state index contributed by atoms with van der Waals surface area (Å²) in [7, 11) is -4.34. The van der Waals surface area contributed by atoms with Crippen molar-refractivity contribution in [2.75, 3.05) is 5.32 Å². The standard InChI is InChI=1S/C19H20N3O6PS/c1-11(2)27-15-8-13(18(23)21-19-20-12(3)22-30-19)9-16(10-15)28-14-4-6-17(7-5-14)29(24,25)26/h4-11H,1-3H3,(H2,24,25,26)(H,20,21,22,23). The van der Waals surface area contributed by atoms with E-state index in [-0.39, 0.29) is 11.4 Å². The highest BCUT2D eigenvalue weighted by atomic mass is 32.1. The van der Waals surface area contributed by atoms with Crippen molar-refractivity contribution in [3.8, 4) is 17.2 Å². The number of aromatic nitrogens is 2. The summed E-state index contributed by atoms with van der Waals surface area (Å²) in [5.41, 5.74) is 0.294. The Bertz CT molecular complexity index is 1090. The van der Waals surface area contributed by atoms with Crippen molar-refractivity contribution in [2.45, 2.75) is 26.9 Å². The largest absolute Gasteiger partial charge is 0.491 e. The van der Waals surface area contributed by atoms with Gasteiger partial charge in [-0.15, -0.1) is 0 Å². The molecule has 0 saturated heterocycles. The monoisotopic (exact) mass is 449 g/mol. The van der Waals surface area contributed by atoms with Gasteiger partial charge in [0.2, 0.25) is 5.13 Å². The van der Waals surface area contributed by atoms with E-state index in [4.69, 9.17) is 9.47 Å². The molecule has 2 aromatic carbocycles. The zero-order chi connectivity index (χ0) is 21.9. The molecule has 0 spiro atoms. The van der Waals surface area contributed by atoms with E-state index in [0.717, 1.165) is 11.5 Å². The Morgan fingerprint density at radius 1 is 1.10 bits per heavy atom. The Morgan fingerprint density at radius 3 is 2.33 bits per heavy atom. The Balaban J connectivity index is 1.86. The van der Waals surface area contributed by atoms with Crippen LogP contribution in [0.1, 0.15) is 30.0 Å². The molecule has 3 N–H and O–H groups in total. The van der Waals surface area contributed by atoms with Crippen LogP contribution in [0.3, 0.4) is 0 Å². The number of hydrogen-bond acceptors (Lipinski definition) is 7. The van der Waals surface area contributed by atoms with Gasteiger partial charge in [0.25, 0.3) is 5.91 Å². The van der Waals surface area contributed by atoms with Gasteiger partial charge in [-0.1, -0.05) is 0 Å². The molecule has 11 heteroatoms. The van der Waals surface area contributed by atoms with Gasteiger partial charge >= 0.3 is 7.60 Å². The van der Waals surface area contributed by atoms with Crippen molar-refractivity contribution >= 4 is 35.5 Å². The molecule has 0 bridgehead atoms. The second-order valence-electron chi connectivity index (χ2n) is 6.60. The van der Waals surface area contributed by atoms with Gasteiger partial charge in [0, 0.05) is 23.2 Å². The van der Waals surface area contributed by atoms with Gasteiger partial charge in [-0.2, -0.15) is 4.37 Å². The average molecular weight is 449 g/mol. The lowest BCUT2D eigenvalue weighted by Crippen LogP contribution is -2.13. The summed E-state index contributed by atoms with van der Waals surface area (Å²) in [5, 5.41) is 2.95. The maximum absolute atomic E-state index is 12.7. The maximum Gasteiger partial charge on any atom is 0.356 e. The minimum absolute atomic E-state index is 0.112. The van der Waals surface area contributed by atoms with Crippen molar-refractivity contribution in [2.24, 2.45) is 0 Å². The molecule has 30 heavy (non-hydrogen) atoms. The number of amides is 1. The van der Waals surface area contributed by atoms with Gasteiger partial charge in [0.1, 0.15) is 23.1 Å². The number of carbonyl (C=O) groups excluding carboxylic acids is 1. The summed E-state index contributed by atoms with van der Waals surface area (Å²) >= 11 is 1.08. The fraction of sp³-hybridized carbons (Fsp3) is 0.211. The van der Waals surface area contributed by atoms with Crippen LogP contribution in [0.15, 0.2) is 42.5 Å². The van der Waals surface area contributed by atoms with Crippen molar-refractivity contribution in [3.05, 3.63) is 53.9 Å². The lowest BCUT2D eigenvalue weighted by Gasteiger charge is -2.14. The summed E-state index contributed by atoms with van der Waals surface area (Å²) in [4.78, 5) is 35.2. The van der Waals surface area contributed by atoms with Crippen molar-refractivity contribution in [1.82, 2.24) is 9.36 Å². The minimum Gasteiger partial charge on any atom is -0.491 e. The highest BCUT2D eigenvalue weighted by molar-refractivity contribution is 7.60. The topological polar surface area (TPSA) is 131 Å². The van der Waals surface area contributed by atoms with Crippen molar-refractivity contribution < 1.29 is 28.6 Å². The van der Waals surface area contributed by atoms with Gasteiger partial charge in [0.15, 0.2) is 0 Å². The highest BCUT2D eigenvalue weighted by Gasteiger charge is 2.17. The summed E-state index contributed by atoms with van der Waals surface area (Å²) in [6.45, 7) is 5.45. The molecule has 1 heterocycles. The lowest BCUT2D eigenvalue weighted by atomic mass is 10.2. The number of carbonyl (C=O) groups is 1. The normalized spacial score (nSPS) is 11.4. The molecular weight excluding hydrogens is 429 g/mol. The van der Waals surface area contributed by atoms with Crippen LogP contribution in [0.25, 0.3) is 0 Å². The Hall–Kier alpha value is -2.78. The zero-order valence-electron chi connectivity index (χ0n) is 16.4. The molecule has 3 aromatic rings. The second-order valence-corrected chi connectivity index (χ2v) is 8.96. The first-order chi connectivity index (χ1) is 14.1. The number of nitrogens with zero attached hydrogens (tertiary/aromatic N) is 2. The first kappa shape index (κ1) is 21.9. The van der Waals surface area contributed by atoms with E-state index in [0.29, 0.717) is 33.8 Å². The number of anilines is 1. The molecule has 0 atom stereocenters. The molecule has 1 amide bonds. The molecule has 0 aliphatic carbocycles. The average Bonchev–Trinajstić information content (AvgIpc) is 3.05. The summed E-state index contributed by atoms with van der Waals surface area (Å²) in [6.07, 6.45) is -0.121. The fourth-order valence-corrected chi connectivity index (χ4v) is 3.57. The molecule has 158 valence electrons. The third-order valence-electron chi connectivity index (χ3n) is 3.67. The van der Waals surface area contributed by atoms with Crippen LogP contribution in [0, 0.1) is 6.92 Å². The summed E-state index contributed by atoms with van der Waals surface area (Å²) in [5.74, 6) is 1.28. The van der Waals surface area contributed by atoms with Gasteiger partial charge in [-0.3, -0.25) is 14.7 Å². The van der Waals surface area contributed by atoms with E-state index in [2.05, 4.69) is 14.7 Å². The third kappa shape index (κ3) is 5.87. The minimum atomic E-state index is -4.34. The van der Waals surface area contributed by atoms with Crippen molar-refractivity contribution in [3.63, 3.8) is 0 Å². The molecular formula is C19H20N3O6PS. The third-order valence-corrected chi connectivity index (χ3v) is 5.36. The van der Waals surface area contributed by atoms with Gasteiger partial charge in [-0.25, -0.2) is 4.98 Å². The van der Waals surface area contributed by atoms with Crippen LogP contribution in [0.2, 0.25) is 0 Å². The predicted molar refractivity (Wildman–Crippen MR) is 113 cm³/mol. The molecule has 0 fully saturated rings. The molecule has 0 saturated carbocycles. The first-order valence-electron chi connectivity index (χ1n) is 8.87. The Kier molecular flexibility index (Phi) is 6.52. The van der Waals surface area contributed by atoms with E-state index >= 15 is 0 Å². The lowest BCUT2D eigenvalue weighted by molar-refractivity contribution is 0.102. The van der Waals surface area contributed by atoms with Gasteiger partial charge in [0.05, 0.1) is 11.4 Å². The highest BCUT2D eigenvalue weighted by Crippen LogP contribution is 2.34. The Labute approximate surface area is 177 Å². The van der Waals surface area contributed by atoms with Crippen LogP contribution in [-0.4, -0.2) is 31.2 Å². The maximum atomic E-state index is 12.7. The SMILES string of the molecule is Cc1nsc(NC(=O)c2cc(Oc3ccc(P(=O)(O)O)cc3)cc(OC(C)C)c2)n1. The number of rotatable bonds is 7. The van der Waals surface area contributed by atoms with E-state index in [1.54, 1.807) is 19.1 Å². The fourth-order valence-electron chi connectivity index (χ4n) is 2.46. The molecule has 0 unspecified atom stereocenters. The van der Waals surface area contributed by atoms with E-state index in [9.17, 15) is 19.1 Å². The number of hydrogen-bond donors (Lipinski definition) is 3. The molecule has 9 nitrogen and oxygen atoms in total. The Morgan fingerprint density at radius 2 is 1.77 bits per heavy atom. The number of aryl methyl sites for hydroxylation is 1. The zero-order valence-corrected chi connectivity index (χ0v) is 18.1. The van der Waals surface area contributed by atoms with E-state index < -0.39 is 13.5 Å². The summed E-state index contributed by atoms with van der Waals surface area (Å²) < 4.78 is 26.8. The van der Waals surface area contributed by atoms with Crippen LogP contribution < -0.4 is 20.1 Å². The quantitative estimate of drug-likeness (QED) is 0.467. The van der Waals surface area contributed by atoms with E-state index in [1.165, 1.54) is 30.3 Å². The molecule has 0 aliphatic rings. The number of ether oxygens (including phenoxy) is 2. The number of nitrogens with one attached hydrogen (secondary N) is 1. The molecule has 1 aromatic heterocycles. The number of benzene rings is 2. The first-order valence-corrected chi connectivity index (χ1v) is 11.3. The smallest absolute Gasteiger partial charge is 0.356 e.